The quantitative estimate of drug-likeness (QED) is 0.312. The Morgan fingerprint density at radius 3 is 2.11 bits per heavy atom. The highest BCUT2D eigenvalue weighted by molar-refractivity contribution is 6.30. The lowest BCUT2D eigenvalue weighted by atomic mass is 9.89. The highest BCUT2D eigenvalue weighted by Crippen LogP contribution is 2.55. The van der Waals surface area contributed by atoms with Crippen LogP contribution in [-0.2, 0) is 9.59 Å². The second-order valence-corrected chi connectivity index (χ2v) is 9.31. The Bertz CT molecular complexity index is 1420. The number of carbonyl (C=O) groups excluding carboxylic acids is 4. The van der Waals surface area contributed by atoms with Crippen LogP contribution in [-0.4, -0.2) is 34.3 Å². The minimum Gasteiger partial charge on any atom is -0.358 e. The van der Waals surface area contributed by atoms with Gasteiger partial charge in [-0.05, 0) is 42.0 Å². The largest absolute Gasteiger partial charge is 0.358 e. The maximum atomic E-state index is 13.7. The van der Waals surface area contributed by atoms with Crippen LogP contribution in [0.3, 0.4) is 0 Å². The molecular formula is C28H19ClN2O4. The summed E-state index contributed by atoms with van der Waals surface area (Å²) in [5.74, 6) is -2.75. The molecule has 2 saturated heterocycles. The average molecular weight is 483 g/mol. The first-order valence-electron chi connectivity index (χ1n) is 11.3. The molecular weight excluding hydrogens is 464 g/mol. The van der Waals surface area contributed by atoms with E-state index in [1.807, 2.05) is 18.2 Å². The number of imide groups is 1. The van der Waals surface area contributed by atoms with Gasteiger partial charge in [0.25, 0.3) is 0 Å². The lowest BCUT2D eigenvalue weighted by Crippen LogP contribution is -2.46. The molecule has 0 aliphatic carbocycles. The normalized spacial score (nSPS) is 24.8. The molecule has 2 amide bonds. The summed E-state index contributed by atoms with van der Waals surface area (Å²) in [6.45, 7) is 0. The van der Waals surface area contributed by atoms with Crippen molar-refractivity contribution in [1.82, 2.24) is 4.90 Å². The lowest BCUT2D eigenvalue weighted by Gasteiger charge is -2.37. The van der Waals surface area contributed by atoms with Crippen LogP contribution in [0.25, 0.3) is 0 Å². The zero-order valence-electron chi connectivity index (χ0n) is 18.4. The summed E-state index contributed by atoms with van der Waals surface area (Å²) >= 11 is 5.92. The van der Waals surface area contributed by atoms with Crippen molar-refractivity contribution in [2.75, 3.05) is 4.90 Å². The van der Waals surface area contributed by atoms with Crippen LogP contribution >= 0.6 is 11.6 Å². The zero-order valence-corrected chi connectivity index (χ0v) is 19.1. The number of rotatable bonds is 4. The fraction of sp³-hybridized carbons (Fsp3) is 0.143. The smallest absolute Gasteiger partial charge is 0.240 e. The highest BCUT2D eigenvalue weighted by Gasteiger charge is 2.66. The van der Waals surface area contributed by atoms with Crippen molar-refractivity contribution < 1.29 is 19.2 Å². The van der Waals surface area contributed by atoms with Gasteiger partial charge in [0.1, 0.15) is 6.04 Å². The van der Waals surface area contributed by atoms with Crippen molar-refractivity contribution >= 4 is 40.7 Å². The predicted molar refractivity (Wildman–Crippen MR) is 130 cm³/mol. The van der Waals surface area contributed by atoms with Gasteiger partial charge in [-0.3, -0.25) is 19.2 Å². The molecule has 172 valence electrons. The third-order valence-corrected chi connectivity index (χ3v) is 7.33. The summed E-state index contributed by atoms with van der Waals surface area (Å²) in [7, 11) is 0. The lowest BCUT2D eigenvalue weighted by molar-refractivity contribution is -0.123. The standard InChI is InChI=1S/C28H19ClN2O4/c29-17-12-10-16(11-13-17)21(32)14-15-30-24-19-8-4-5-9-20(19)26(33)25(30)23-22(24)27(34)31(28(23)35)18-6-2-1-3-7-18/h1-15,22-25H. The fourth-order valence-electron chi connectivity index (χ4n) is 5.59. The number of halogens is 1. The summed E-state index contributed by atoms with van der Waals surface area (Å²) in [6, 6.07) is 21.0. The summed E-state index contributed by atoms with van der Waals surface area (Å²) in [6.07, 6.45) is 2.95. The molecule has 35 heavy (non-hydrogen) atoms. The monoisotopic (exact) mass is 482 g/mol. The number of amides is 2. The van der Waals surface area contributed by atoms with Gasteiger partial charge in [0.05, 0.1) is 23.6 Å². The number of carbonyl (C=O) groups is 4. The van der Waals surface area contributed by atoms with E-state index in [0.29, 0.717) is 27.4 Å². The minimum absolute atomic E-state index is 0.219. The Morgan fingerprint density at radius 2 is 1.40 bits per heavy atom. The van der Waals surface area contributed by atoms with Gasteiger partial charge in [-0.1, -0.05) is 54.1 Å². The molecule has 6 rings (SSSR count). The molecule has 0 radical (unpaired) electrons. The molecule has 4 unspecified atom stereocenters. The Kier molecular flexibility index (Phi) is 4.93. The first kappa shape index (κ1) is 21.5. The number of Topliss-reactive ketones (excluding diaryl/α,β-unsaturated/α-hetero) is 1. The third kappa shape index (κ3) is 3.17. The molecule has 2 bridgehead atoms. The summed E-state index contributed by atoms with van der Waals surface area (Å²) in [5.41, 5.74) is 2.17. The number of fused-ring (bicyclic) bond motifs is 7. The Labute approximate surface area is 206 Å². The van der Waals surface area contributed by atoms with E-state index >= 15 is 0 Å². The average Bonchev–Trinajstić information content (AvgIpc) is 3.30. The maximum Gasteiger partial charge on any atom is 0.240 e. The van der Waals surface area contributed by atoms with E-state index in [9.17, 15) is 19.2 Å². The Balaban J connectivity index is 1.42. The number of ketones is 2. The number of allylic oxidation sites excluding steroid dienone is 1. The molecule has 6 nitrogen and oxygen atoms in total. The topological polar surface area (TPSA) is 74.8 Å². The van der Waals surface area contributed by atoms with Crippen LogP contribution < -0.4 is 4.90 Å². The predicted octanol–water partition coefficient (Wildman–Crippen LogP) is 4.46. The van der Waals surface area contributed by atoms with Crippen LogP contribution in [0.4, 0.5) is 5.69 Å². The third-order valence-electron chi connectivity index (χ3n) is 7.08. The van der Waals surface area contributed by atoms with E-state index in [-0.39, 0.29) is 23.4 Å². The van der Waals surface area contributed by atoms with E-state index in [0.717, 1.165) is 0 Å². The summed E-state index contributed by atoms with van der Waals surface area (Å²) in [5, 5.41) is 0.523. The van der Waals surface area contributed by atoms with Gasteiger partial charge >= 0.3 is 0 Å². The summed E-state index contributed by atoms with van der Waals surface area (Å²) < 4.78 is 0. The molecule has 3 aliphatic heterocycles. The van der Waals surface area contributed by atoms with Gasteiger partial charge in [0, 0.05) is 28.4 Å². The molecule has 3 aromatic rings. The molecule has 0 N–H and O–H groups in total. The van der Waals surface area contributed by atoms with Gasteiger partial charge in [-0.15, -0.1) is 0 Å². The van der Waals surface area contributed by atoms with Crippen molar-refractivity contribution in [2.24, 2.45) is 11.8 Å². The van der Waals surface area contributed by atoms with Crippen molar-refractivity contribution in [1.29, 1.82) is 0 Å². The maximum absolute atomic E-state index is 13.7. The van der Waals surface area contributed by atoms with Crippen molar-refractivity contribution in [3.63, 3.8) is 0 Å². The number of benzene rings is 3. The zero-order chi connectivity index (χ0) is 24.3. The van der Waals surface area contributed by atoms with E-state index < -0.39 is 23.9 Å². The van der Waals surface area contributed by atoms with Crippen molar-refractivity contribution in [3.8, 4) is 0 Å². The summed E-state index contributed by atoms with van der Waals surface area (Å²) in [4.78, 5) is 56.6. The van der Waals surface area contributed by atoms with Gasteiger partial charge in [-0.2, -0.15) is 0 Å². The van der Waals surface area contributed by atoms with Crippen LogP contribution in [0.1, 0.15) is 32.3 Å². The molecule has 0 aromatic heterocycles. The van der Waals surface area contributed by atoms with Crippen molar-refractivity contribution in [2.45, 2.75) is 12.1 Å². The highest BCUT2D eigenvalue weighted by atomic mass is 35.5. The molecule has 4 atom stereocenters. The molecule has 3 heterocycles. The van der Waals surface area contributed by atoms with Crippen LogP contribution in [0.15, 0.2) is 91.1 Å². The van der Waals surface area contributed by atoms with E-state index in [1.54, 1.807) is 71.8 Å². The van der Waals surface area contributed by atoms with Gasteiger partial charge in [-0.25, -0.2) is 4.90 Å². The fourth-order valence-corrected chi connectivity index (χ4v) is 5.72. The molecule has 0 spiro atoms. The number of nitrogens with zero attached hydrogens (tertiary/aromatic N) is 2. The number of hydrogen-bond acceptors (Lipinski definition) is 5. The first-order valence-corrected chi connectivity index (χ1v) is 11.7. The van der Waals surface area contributed by atoms with Gasteiger partial charge in [0.2, 0.25) is 11.8 Å². The van der Waals surface area contributed by atoms with Gasteiger partial charge < -0.3 is 4.90 Å². The van der Waals surface area contributed by atoms with E-state index in [2.05, 4.69) is 0 Å². The molecule has 0 saturated carbocycles. The van der Waals surface area contributed by atoms with E-state index in [4.69, 9.17) is 11.6 Å². The van der Waals surface area contributed by atoms with Crippen molar-refractivity contribution in [3.05, 3.63) is 113 Å². The SMILES string of the molecule is O=C(C=CN1C2C(=O)c3ccccc3C1C1C(=O)N(c3ccccc3)C(=O)C12)c1ccc(Cl)cc1. The molecule has 3 aliphatic rings. The second kappa shape index (κ2) is 8.03. The number of anilines is 1. The van der Waals surface area contributed by atoms with E-state index in [1.165, 1.54) is 11.0 Å². The molecule has 3 aromatic carbocycles. The Morgan fingerprint density at radius 1 is 0.771 bits per heavy atom. The Hall–Kier alpha value is -4.03. The minimum atomic E-state index is -0.862. The second-order valence-electron chi connectivity index (χ2n) is 8.87. The number of hydrogen-bond donors (Lipinski definition) is 0. The number of para-hydroxylation sites is 1. The molecule has 2 fully saturated rings. The van der Waals surface area contributed by atoms with Crippen LogP contribution in [0.2, 0.25) is 5.02 Å². The first-order chi connectivity index (χ1) is 17.0. The molecule has 7 heteroatoms. The van der Waals surface area contributed by atoms with Crippen LogP contribution in [0, 0.1) is 11.8 Å². The van der Waals surface area contributed by atoms with Crippen LogP contribution in [0.5, 0.6) is 0 Å². The van der Waals surface area contributed by atoms with Gasteiger partial charge in [0.15, 0.2) is 11.6 Å².